The maximum absolute atomic E-state index is 13.4. The Bertz CT molecular complexity index is 1720. The van der Waals surface area contributed by atoms with Gasteiger partial charge in [0.05, 0.1) is 10.9 Å². The first-order valence-corrected chi connectivity index (χ1v) is 12.2. The summed E-state index contributed by atoms with van der Waals surface area (Å²) in [6, 6.07) is 17.3. The highest BCUT2D eigenvalue weighted by Gasteiger charge is 2.24. The lowest BCUT2D eigenvalue weighted by atomic mass is 10.1. The van der Waals surface area contributed by atoms with Gasteiger partial charge in [0.2, 0.25) is 0 Å². The second kappa shape index (κ2) is 8.85. The van der Waals surface area contributed by atoms with Gasteiger partial charge in [-0.3, -0.25) is 9.59 Å². The molecule has 1 aliphatic heterocycles. The largest absolute Gasteiger partial charge is 0.368 e. The SMILES string of the molecule is Cc1ccc(C)c(N2CCN(C(=O)c3ccc4c(=O)nc5c(-c6ccc(F)cc6)n[nH]n5c4c3)CC2)c1. The molecule has 8 nitrogen and oxygen atoms in total. The van der Waals surface area contributed by atoms with Crippen molar-refractivity contribution in [3.8, 4) is 11.3 Å². The van der Waals surface area contributed by atoms with Crippen molar-refractivity contribution in [2.75, 3.05) is 31.1 Å². The number of rotatable bonds is 3. The van der Waals surface area contributed by atoms with Crippen molar-refractivity contribution in [2.24, 2.45) is 0 Å². The molecule has 0 unspecified atom stereocenters. The molecule has 3 heterocycles. The van der Waals surface area contributed by atoms with E-state index in [1.807, 2.05) is 4.90 Å². The number of aromatic amines is 1. The summed E-state index contributed by atoms with van der Waals surface area (Å²) in [5.41, 5.74) is 5.61. The molecule has 0 saturated carbocycles. The summed E-state index contributed by atoms with van der Waals surface area (Å²) < 4.78 is 15.0. The van der Waals surface area contributed by atoms with Crippen LogP contribution in [0.3, 0.4) is 0 Å². The van der Waals surface area contributed by atoms with E-state index in [0.29, 0.717) is 46.5 Å². The first-order chi connectivity index (χ1) is 17.9. The van der Waals surface area contributed by atoms with Gasteiger partial charge in [-0.1, -0.05) is 12.1 Å². The predicted octanol–water partition coefficient (Wildman–Crippen LogP) is 3.96. The topological polar surface area (TPSA) is 86.6 Å². The molecule has 0 aliphatic carbocycles. The van der Waals surface area contributed by atoms with Crippen LogP contribution in [0.25, 0.3) is 27.8 Å². The summed E-state index contributed by atoms with van der Waals surface area (Å²) in [7, 11) is 0. The molecular formula is C28H25FN6O2. The highest BCUT2D eigenvalue weighted by Crippen LogP contribution is 2.25. The third-order valence-electron chi connectivity index (χ3n) is 7.00. The van der Waals surface area contributed by atoms with Crippen molar-refractivity contribution in [1.29, 1.82) is 0 Å². The Balaban J connectivity index is 1.30. The minimum Gasteiger partial charge on any atom is -0.368 e. The van der Waals surface area contributed by atoms with E-state index in [-0.39, 0.29) is 11.7 Å². The molecule has 1 fully saturated rings. The number of aryl methyl sites for hydroxylation is 2. The zero-order chi connectivity index (χ0) is 25.7. The first-order valence-electron chi connectivity index (χ1n) is 12.2. The minimum atomic E-state index is -0.416. The summed E-state index contributed by atoms with van der Waals surface area (Å²) >= 11 is 0. The average Bonchev–Trinajstić information content (AvgIpc) is 3.34. The number of anilines is 1. The minimum absolute atomic E-state index is 0.0844. The van der Waals surface area contributed by atoms with E-state index in [2.05, 4.69) is 52.2 Å². The van der Waals surface area contributed by atoms with Crippen LogP contribution in [0.15, 0.2) is 65.5 Å². The summed E-state index contributed by atoms with van der Waals surface area (Å²) in [4.78, 5) is 34.6. The Labute approximate surface area is 211 Å². The normalized spacial score (nSPS) is 14.0. The smallest absolute Gasteiger partial charge is 0.281 e. The summed E-state index contributed by atoms with van der Waals surface area (Å²) in [6.45, 7) is 6.90. The van der Waals surface area contributed by atoms with Crippen LogP contribution in [0.4, 0.5) is 10.1 Å². The third kappa shape index (κ3) is 4.02. The second-order valence-corrected chi connectivity index (χ2v) is 9.44. The number of nitrogens with zero attached hydrogens (tertiary/aromatic N) is 5. The van der Waals surface area contributed by atoms with Gasteiger partial charge in [0.1, 0.15) is 11.5 Å². The number of benzene rings is 3. The maximum Gasteiger partial charge on any atom is 0.281 e. The molecule has 1 aliphatic rings. The molecule has 0 atom stereocenters. The number of hydrogen-bond donors (Lipinski definition) is 1. The molecule has 0 bridgehead atoms. The monoisotopic (exact) mass is 496 g/mol. The average molecular weight is 497 g/mol. The molecule has 1 amide bonds. The number of halogens is 1. The van der Waals surface area contributed by atoms with Crippen molar-refractivity contribution in [3.63, 3.8) is 0 Å². The molecule has 0 radical (unpaired) electrons. The number of fused-ring (bicyclic) bond motifs is 3. The zero-order valence-corrected chi connectivity index (χ0v) is 20.5. The van der Waals surface area contributed by atoms with Gasteiger partial charge in [0.15, 0.2) is 5.65 Å². The van der Waals surface area contributed by atoms with E-state index in [9.17, 15) is 14.0 Å². The predicted molar refractivity (Wildman–Crippen MR) is 141 cm³/mol. The quantitative estimate of drug-likeness (QED) is 0.409. The Morgan fingerprint density at radius 1 is 0.946 bits per heavy atom. The summed E-state index contributed by atoms with van der Waals surface area (Å²) in [6.07, 6.45) is 0. The van der Waals surface area contributed by atoms with Crippen molar-refractivity contribution in [2.45, 2.75) is 13.8 Å². The van der Waals surface area contributed by atoms with Gasteiger partial charge in [-0.05, 0) is 73.5 Å². The van der Waals surface area contributed by atoms with Crippen LogP contribution in [-0.4, -0.2) is 56.8 Å². The van der Waals surface area contributed by atoms with Crippen molar-refractivity contribution in [3.05, 3.63) is 93.5 Å². The van der Waals surface area contributed by atoms with E-state index in [4.69, 9.17) is 0 Å². The number of H-pyrrole nitrogens is 1. The van der Waals surface area contributed by atoms with Gasteiger partial charge >= 0.3 is 0 Å². The molecule has 0 spiro atoms. The van der Waals surface area contributed by atoms with Gasteiger partial charge in [-0.25, -0.2) is 14.1 Å². The van der Waals surface area contributed by atoms with Crippen molar-refractivity contribution < 1.29 is 9.18 Å². The highest BCUT2D eigenvalue weighted by atomic mass is 19.1. The molecule has 6 rings (SSSR count). The Hall–Kier alpha value is -4.53. The number of carbonyl (C=O) groups is 1. The van der Waals surface area contributed by atoms with E-state index in [0.717, 1.165) is 13.1 Å². The Morgan fingerprint density at radius 2 is 1.70 bits per heavy atom. The number of piperazine rings is 1. The number of hydrogen-bond acceptors (Lipinski definition) is 5. The molecule has 5 aromatic rings. The number of aromatic nitrogens is 4. The van der Waals surface area contributed by atoms with E-state index < -0.39 is 5.56 Å². The molecule has 3 aromatic carbocycles. The van der Waals surface area contributed by atoms with Crippen LogP contribution in [-0.2, 0) is 0 Å². The van der Waals surface area contributed by atoms with Gasteiger partial charge in [0.25, 0.3) is 11.5 Å². The van der Waals surface area contributed by atoms with Gasteiger partial charge in [-0.15, -0.1) is 0 Å². The van der Waals surface area contributed by atoms with E-state index in [1.165, 1.54) is 28.9 Å². The number of nitrogens with one attached hydrogen (secondary N) is 1. The van der Waals surface area contributed by atoms with Crippen LogP contribution in [0, 0.1) is 19.7 Å². The standard InChI is InChI=1S/C28H25FN6O2/c1-17-3-4-18(2)23(15-17)33-11-13-34(14-12-33)28(37)20-7-10-22-24(16-20)35-26(30-27(22)36)25(31-32-35)19-5-8-21(29)9-6-19/h3-10,15-16,32H,11-14H2,1-2H3. The third-order valence-corrected chi connectivity index (χ3v) is 7.00. The molecule has 37 heavy (non-hydrogen) atoms. The lowest BCUT2D eigenvalue weighted by Crippen LogP contribution is -2.49. The lowest BCUT2D eigenvalue weighted by Gasteiger charge is -2.37. The van der Waals surface area contributed by atoms with E-state index >= 15 is 0 Å². The molecule has 186 valence electrons. The lowest BCUT2D eigenvalue weighted by molar-refractivity contribution is 0.0747. The maximum atomic E-state index is 13.4. The molecule has 9 heteroatoms. The summed E-state index contributed by atoms with van der Waals surface area (Å²) in [5.74, 6) is -0.448. The molecule has 2 aromatic heterocycles. The van der Waals surface area contributed by atoms with Crippen LogP contribution >= 0.6 is 0 Å². The van der Waals surface area contributed by atoms with Crippen LogP contribution in [0.5, 0.6) is 0 Å². The first kappa shape index (κ1) is 22.9. The molecule has 1 saturated heterocycles. The Kier molecular flexibility index (Phi) is 5.48. The van der Waals surface area contributed by atoms with Crippen molar-refractivity contribution >= 4 is 28.1 Å². The fourth-order valence-electron chi connectivity index (χ4n) is 4.96. The molecular weight excluding hydrogens is 471 g/mol. The van der Waals surface area contributed by atoms with Crippen LogP contribution in [0.2, 0.25) is 0 Å². The van der Waals surface area contributed by atoms with E-state index in [1.54, 1.807) is 34.8 Å². The number of amides is 1. The van der Waals surface area contributed by atoms with Gasteiger partial charge in [0, 0.05) is 43.0 Å². The van der Waals surface area contributed by atoms with Crippen molar-refractivity contribution in [1.82, 2.24) is 24.7 Å². The van der Waals surface area contributed by atoms with Gasteiger partial charge in [-0.2, -0.15) is 10.1 Å². The Morgan fingerprint density at radius 3 is 2.46 bits per heavy atom. The van der Waals surface area contributed by atoms with Gasteiger partial charge < -0.3 is 9.80 Å². The number of carbonyl (C=O) groups excluding carboxylic acids is 1. The summed E-state index contributed by atoms with van der Waals surface area (Å²) in [5, 5.41) is 7.58. The zero-order valence-electron chi connectivity index (χ0n) is 20.5. The fraction of sp³-hybridized carbons (Fsp3) is 0.214. The second-order valence-electron chi connectivity index (χ2n) is 9.44. The van der Waals surface area contributed by atoms with Crippen LogP contribution < -0.4 is 10.5 Å². The molecule has 1 N–H and O–H groups in total. The highest BCUT2D eigenvalue weighted by molar-refractivity contribution is 5.98. The van der Waals surface area contributed by atoms with Crippen LogP contribution in [0.1, 0.15) is 21.5 Å². The fourth-order valence-corrected chi connectivity index (χ4v) is 4.96.